The zero-order valence-corrected chi connectivity index (χ0v) is 8.69. The van der Waals surface area contributed by atoms with E-state index in [1.807, 2.05) is 19.1 Å². The minimum atomic E-state index is 0.146. The predicted molar refractivity (Wildman–Crippen MR) is 58.2 cm³/mol. The number of anilines is 1. The van der Waals surface area contributed by atoms with Crippen LogP contribution in [0, 0.1) is 0 Å². The van der Waals surface area contributed by atoms with Crippen molar-refractivity contribution >= 4 is 17.9 Å². The molecule has 0 bridgehead atoms. The molecule has 0 saturated heterocycles. The van der Waals surface area contributed by atoms with Crippen molar-refractivity contribution in [3.63, 3.8) is 0 Å². The van der Waals surface area contributed by atoms with Crippen molar-refractivity contribution in [1.82, 2.24) is 0 Å². The quantitative estimate of drug-likeness (QED) is 0.687. The lowest BCUT2D eigenvalue weighted by Crippen LogP contribution is -2.27. The highest BCUT2D eigenvalue weighted by atomic mass is 16.2. The van der Waals surface area contributed by atoms with Gasteiger partial charge in [-0.1, -0.05) is 6.92 Å². The number of nitrogens with zero attached hydrogens (tertiary/aromatic N) is 1. The van der Waals surface area contributed by atoms with Crippen LogP contribution in [-0.4, -0.2) is 18.7 Å². The molecule has 1 aromatic rings. The Bertz CT molecular complexity index is 412. The number of benzene rings is 1. The summed E-state index contributed by atoms with van der Waals surface area (Å²) >= 11 is 0. The molecule has 0 atom stereocenters. The van der Waals surface area contributed by atoms with Crippen LogP contribution in [0.2, 0.25) is 0 Å². The van der Waals surface area contributed by atoms with Gasteiger partial charge in [0, 0.05) is 24.2 Å². The monoisotopic (exact) mass is 203 g/mol. The molecule has 1 heterocycles. The lowest BCUT2D eigenvalue weighted by Gasteiger charge is -2.16. The van der Waals surface area contributed by atoms with Gasteiger partial charge < -0.3 is 4.90 Å². The number of rotatable bonds is 2. The number of carbonyl (C=O) groups excluding carboxylic acids is 2. The molecule has 0 radical (unpaired) electrons. The molecule has 0 fully saturated rings. The van der Waals surface area contributed by atoms with E-state index in [0.29, 0.717) is 12.0 Å². The van der Waals surface area contributed by atoms with Crippen LogP contribution in [-0.2, 0) is 11.2 Å². The number of aldehydes is 1. The third-order valence-corrected chi connectivity index (χ3v) is 2.74. The van der Waals surface area contributed by atoms with Crippen molar-refractivity contribution in [3.8, 4) is 0 Å². The maximum Gasteiger partial charge on any atom is 0.226 e. The smallest absolute Gasteiger partial charge is 0.226 e. The van der Waals surface area contributed by atoms with E-state index >= 15 is 0 Å². The molecule has 1 aliphatic rings. The summed E-state index contributed by atoms with van der Waals surface area (Å²) in [5.74, 6) is 0.146. The fourth-order valence-corrected chi connectivity index (χ4v) is 1.94. The van der Waals surface area contributed by atoms with Gasteiger partial charge in [0.2, 0.25) is 5.91 Å². The van der Waals surface area contributed by atoms with Crippen molar-refractivity contribution < 1.29 is 9.59 Å². The maximum absolute atomic E-state index is 11.6. The lowest BCUT2D eigenvalue weighted by molar-refractivity contribution is -0.118. The minimum absolute atomic E-state index is 0.146. The highest BCUT2D eigenvalue weighted by molar-refractivity contribution is 5.95. The van der Waals surface area contributed by atoms with Crippen molar-refractivity contribution in [2.75, 3.05) is 11.4 Å². The van der Waals surface area contributed by atoms with Crippen LogP contribution < -0.4 is 4.90 Å². The van der Waals surface area contributed by atoms with Gasteiger partial charge in [-0.15, -0.1) is 0 Å². The molecular weight excluding hydrogens is 190 g/mol. The van der Waals surface area contributed by atoms with Crippen molar-refractivity contribution in [2.45, 2.75) is 19.8 Å². The second-order valence-electron chi connectivity index (χ2n) is 3.65. The zero-order chi connectivity index (χ0) is 10.8. The van der Waals surface area contributed by atoms with Gasteiger partial charge in [0.25, 0.3) is 0 Å². The summed E-state index contributed by atoms with van der Waals surface area (Å²) < 4.78 is 0. The number of carbonyl (C=O) groups is 2. The summed E-state index contributed by atoms with van der Waals surface area (Å²) in [6, 6.07) is 5.48. The van der Waals surface area contributed by atoms with Crippen molar-refractivity contribution in [1.29, 1.82) is 0 Å². The highest BCUT2D eigenvalue weighted by Crippen LogP contribution is 2.28. The Morgan fingerprint density at radius 3 is 3.00 bits per heavy atom. The van der Waals surface area contributed by atoms with Crippen LogP contribution in [0.5, 0.6) is 0 Å². The van der Waals surface area contributed by atoms with Gasteiger partial charge in [0.05, 0.1) is 0 Å². The molecule has 0 aromatic heterocycles. The molecule has 1 aliphatic heterocycles. The van der Waals surface area contributed by atoms with E-state index in [1.165, 1.54) is 0 Å². The van der Waals surface area contributed by atoms with Crippen LogP contribution in [0.1, 0.15) is 29.3 Å². The topological polar surface area (TPSA) is 37.4 Å². The van der Waals surface area contributed by atoms with E-state index in [0.717, 1.165) is 30.5 Å². The fourth-order valence-electron chi connectivity index (χ4n) is 1.94. The Labute approximate surface area is 88.7 Å². The summed E-state index contributed by atoms with van der Waals surface area (Å²) in [7, 11) is 0. The molecule has 0 spiro atoms. The average Bonchev–Trinajstić information content (AvgIpc) is 2.70. The van der Waals surface area contributed by atoms with Crippen molar-refractivity contribution in [3.05, 3.63) is 29.3 Å². The normalized spacial score (nSPS) is 13.8. The molecule has 0 N–H and O–H groups in total. The first-order valence-electron chi connectivity index (χ1n) is 5.14. The molecule has 78 valence electrons. The molecule has 15 heavy (non-hydrogen) atoms. The molecular formula is C12H13NO2. The predicted octanol–water partition coefficient (Wildman–Crippen LogP) is 1.80. The SMILES string of the molecule is CCC(=O)N1CCc2cc(C=O)ccc21. The third kappa shape index (κ3) is 1.65. The molecule has 0 aliphatic carbocycles. The van der Waals surface area contributed by atoms with Gasteiger partial charge in [0.1, 0.15) is 6.29 Å². The Hall–Kier alpha value is -1.64. The molecule has 3 heteroatoms. The Balaban J connectivity index is 2.36. The molecule has 3 nitrogen and oxygen atoms in total. The van der Waals surface area contributed by atoms with Gasteiger partial charge in [-0.2, -0.15) is 0 Å². The standard InChI is InChI=1S/C12H13NO2/c1-2-12(15)13-6-5-10-7-9(8-14)3-4-11(10)13/h3-4,7-8H,2,5-6H2,1H3. The average molecular weight is 203 g/mol. The first kappa shape index (κ1) is 9.90. The van der Waals surface area contributed by atoms with Gasteiger partial charge >= 0.3 is 0 Å². The second kappa shape index (κ2) is 3.85. The number of amides is 1. The summed E-state index contributed by atoms with van der Waals surface area (Å²) in [6.45, 7) is 2.60. The largest absolute Gasteiger partial charge is 0.312 e. The van der Waals surface area contributed by atoms with Gasteiger partial charge in [-0.3, -0.25) is 9.59 Å². The van der Waals surface area contributed by atoms with Gasteiger partial charge in [-0.05, 0) is 30.2 Å². The molecule has 1 aromatic carbocycles. The first-order chi connectivity index (χ1) is 7.26. The van der Waals surface area contributed by atoms with Crippen LogP contribution in [0.15, 0.2) is 18.2 Å². The zero-order valence-electron chi connectivity index (χ0n) is 8.69. The van der Waals surface area contributed by atoms with Crippen LogP contribution >= 0.6 is 0 Å². The second-order valence-corrected chi connectivity index (χ2v) is 3.65. The van der Waals surface area contributed by atoms with Crippen LogP contribution in [0.3, 0.4) is 0 Å². The molecule has 0 saturated carbocycles. The fraction of sp³-hybridized carbons (Fsp3) is 0.333. The van der Waals surface area contributed by atoms with Gasteiger partial charge in [0.15, 0.2) is 0 Å². The van der Waals surface area contributed by atoms with E-state index in [2.05, 4.69) is 0 Å². The minimum Gasteiger partial charge on any atom is -0.312 e. The summed E-state index contributed by atoms with van der Waals surface area (Å²) in [5.41, 5.74) is 2.74. The summed E-state index contributed by atoms with van der Waals surface area (Å²) in [6.07, 6.45) is 2.21. The molecule has 2 rings (SSSR count). The molecule has 1 amide bonds. The Morgan fingerprint density at radius 2 is 2.33 bits per heavy atom. The van der Waals surface area contributed by atoms with E-state index in [4.69, 9.17) is 0 Å². The van der Waals surface area contributed by atoms with Crippen molar-refractivity contribution in [2.24, 2.45) is 0 Å². The lowest BCUT2D eigenvalue weighted by atomic mass is 10.1. The highest BCUT2D eigenvalue weighted by Gasteiger charge is 2.23. The number of hydrogen-bond donors (Lipinski definition) is 0. The van der Waals surface area contributed by atoms with Crippen LogP contribution in [0.25, 0.3) is 0 Å². The van der Waals surface area contributed by atoms with E-state index in [9.17, 15) is 9.59 Å². The van der Waals surface area contributed by atoms with E-state index in [1.54, 1.807) is 11.0 Å². The Morgan fingerprint density at radius 1 is 1.53 bits per heavy atom. The van der Waals surface area contributed by atoms with E-state index in [-0.39, 0.29) is 5.91 Å². The first-order valence-corrected chi connectivity index (χ1v) is 5.14. The molecule has 0 unspecified atom stereocenters. The van der Waals surface area contributed by atoms with Gasteiger partial charge in [-0.25, -0.2) is 0 Å². The van der Waals surface area contributed by atoms with Crippen LogP contribution in [0.4, 0.5) is 5.69 Å². The Kier molecular flexibility index (Phi) is 2.54. The van der Waals surface area contributed by atoms with E-state index < -0.39 is 0 Å². The maximum atomic E-state index is 11.6. The summed E-state index contributed by atoms with van der Waals surface area (Å²) in [5, 5.41) is 0. The number of hydrogen-bond acceptors (Lipinski definition) is 2. The summed E-state index contributed by atoms with van der Waals surface area (Å²) in [4.78, 5) is 24.0. The third-order valence-electron chi connectivity index (χ3n) is 2.74. The number of fused-ring (bicyclic) bond motifs is 1.